The highest BCUT2D eigenvalue weighted by molar-refractivity contribution is 6.22. The van der Waals surface area contributed by atoms with Crippen molar-refractivity contribution in [2.45, 2.75) is 18.9 Å². The number of hydrogen-bond donors (Lipinski definition) is 2. The SMILES string of the molecule is C=CCN1C(=O)c2ccc(C(=O)NCC(N)C3CC3)cc2C1=O.Cl. The predicted molar refractivity (Wildman–Crippen MR) is 92.3 cm³/mol. The zero-order chi connectivity index (χ0) is 16.6. The Balaban J connectivity index is 0.00000208. The highest BCUT2D eigenvalue weighted by atomic mass is 35.5. The first-order valence-electron chi connectivity index (χ1n) is 7.68. The molecular weight excluding hydrogens is 330 g/mol. The van der Waals surface area contributed by atoms with Gasteiger partial charge in [-0.25, -0.2) is 0 Å². The number of imide groups is 1. The molecule has 0 saturated heterocycles. The summed E-state index contributed by atoms with van der Waals surface area (Å²) in [5.74, 6) is -0.532. The minimum Gasteiger partial charge on any atom is -0.350 e. The smallest absolute Gasteiger partial charge is 0.261 e. The lowest BCUT2D eigenvalue weighted by Crippen LogP contribution is -2.38. The molecule has 24 heavy (non-hydrogen) atoms. The van der Waals surface area contributed by atoms with E-state index in [-0.39, 0.29) is 42.4 Å². The topological polar surface area (TPSA) is 92.5 Å². The summed E-state index contributed by atoms with van der Waals surface area (Å²) in [5.41, 5.74) is 6.90. The molecule has 1 aliphatic carbocycles. The number of carbonyl (C=O) groups is 3. The Bertz CT molecular complexity index is 700. The van der Waals surface area contributed by atoms with Crippen LogP contribution in [0.1, 0.15) is 43.9 Å². The number of carbonyl (C=O) groups excluding carboxylic acids is 3. The third-order valence-corrected chi connectivity index (χ3v) is 4.27. The van der Waals surface area contributed by atoms with Crippen LogP contribution in [-0.4, -0.2) is 41.8 Å². The molecule has 128 valence electrons. The van der Waals surface area contributed by atoms with Crippen LogP contribution in [0.15, 0.2) is 30.9 Å². The molecule has 1 unspecified atom stereocenters. The van der Waals surface area contributed by atoms with E-state index in [9.17, 15) is 14.4 Å². The van der Waals surface area contributed by atoms with Crippen molar-refractivity contribution in [3.8, 4) is 0 Å². The fraction of sp³-hybridized carbons (Fsp3) is 0.353. The summed E-state index contributed by atoms with van der Waals surface area (Å²) in [4.78, 5) is 37.7. The third-order valence-electron chi connectivity index (χ3n) is 4.27. The predicted octanol–water partition coefficient (Wildman–Crippen LogP) is 1.36. The molecule has 1 fully saturated rings. The zero-order valence-corrected chi connectivity index (χ0v) is 14.0. The van der Waals surface area contributed by atoms with E-state index in [2.05, 4.69) is 11.9 Å². The standard InChI is InChI=1S/C17H19N3O3.ClH/c1-2-7-20-16(22)12-6-5-11(8-13(12)17(20)23)15(21)19-9-14(18)10-3-4-10;/h2,5-6,8,10,14H,1,3-4,7,9,18H2,(H,19,21);1H. The van der Waals surface area contributed by atoms with Gasteiger partial charge in [-0.15, -0.1) is 19.0 Å². The number of benzene rings is 1. The Morgan fingerprint density at radius 1 is 1.33 bits per heavy atom. The summed E-state index contributed by atoms with van der Waals surface area (Å²) in [7, 11) is 0. The molecule has 1 aromatic carbocycles. The Labute approximate surface area is 146 Å². The molecule has 0 radical (unpaired) electrons. The maximum Gasteiger partial charge on any atom is 0.261 e. The lowest BCUT2D eigenvalue weighted by molar-refractivity contribution is 0.0672. The molecule has 1 heterocycles. The van der Waals surface area contributed by atoms with Gasteiger partial charge in [0.1, 0.15) is 0 Å². The highest BCUT2D eigenvalue weighted by Crippen LogP contribution is 2.31. The van der Waals surface area contributed by atoms with Gasteiger partial charge in [-0.2, -0.15) is 0 Å². The van der Waals surface area contributed by atoms with Gasteiger partial charge < -0.3 is 11.1 Å². The van der Waals surface area contributed by atoms with Crippen LogP contribution >= 0.6 is 12.4 Å². The summed E-state index contributed by atoms with van der Waals surface area (Å²) in [6, 6.07) is 4.52. The minimum atomic E-state index is -0.394. The Morgan fingerprint density at radius 3 is 2.62 bits per heavy atom. The summed E-state index contributed by atoms with van der Waals surface area (Å²) in [5, 5.41) is 2.78. The van der Waals surface area contributed by atoms with Gasteiger partial charge in [0.05, 0.1) is 11.1 Å². The monoisotopic (exact) mass is 349 g/mol. The van der Waals surface area contributed by atoms with E-state index in [1.165, 1.54) is 18.2 Å². The molecule has 7 heteroatoms. The molecule has 1 aliphatic heterocycles. The Hall–Kier alpha value is -2.18. The number of rotatable bonds is 6. The number of amides is 3. The second-order valence-electron chi connectivity index (χ2n) is 5.98. The van der Waals surface area contributed by atoms with E-state index < -0.39 is 5.91 Å². The maximum absolute atomic E-state index is 12.2. The molecule has 3 N–H and O–H groups in total. The van der Waals surface area contributed by atoms with Gasteiger partial charge in [-0.3, -0.25) is 19.3 Å². The van der Waals surface area contributed by atoms with Crippen LogP contribution in [0.5, 0.6) is 0 Å². The van der Waals surface area contributed by atoms with E-state index >= 15 is 0 Å². The van der Waals surface area contributed by atoms with Gasteiger partial charge in [0.15, 0.2) is 0 Å². The number of nitrogens with zero attached hydrogens (tertiary/aromatic N) is 1. The number of fused-ring (bicyclic) bond motifs is 1. The fourth-order valence-electron chi connectivity index (χ4n) is 2.73. The molecule has 1 saturated carbocycles. The molecule has 6 nitrogen and oxygen atoms in total. The molecule has 3 amide bonds. The van der Waals surface area contributed by atoms with Crippen molar-refractivity contribution in [3.63, 3.8) is 0 Å². The van der Waals surface area contributed by atoms with Gasteiger partial charge in [-0.1, -0.05) is 6.08 Å². The van der Waals surface area contributed by atoms with Crippen LogP contribution in [0, 0.1) is 5.92 Å². The summed E-state index contributed by atoms with van der Waals surface area (Å²) in [6.45, 7) is 4.11. The van der Waals surface area contributed by atoms with E-state index in [0.29, 0.717) is 23.6 Å². The average molecular weight is 350 g/mol. The quantitative estimate of drug-likeness (QED) is 0.599. The first-order valence-corrected chi connectivity index (χ1v) is 7.68. The molecule has 0 spiro atoms. The Morgan fingerprint density at radius 2 is 2.00 bits per heavy atom. The lowest BCUT2D eigenvalue weighted by atomic mass is 10.1. The van der Waals surface area contributed by atoms with Crippen molar-refractivity contribution < 1.29 is 14.4 Å². The normalized spacial score (nSPS) is 17.1. The molecule has 2 aliphatic rings. The van der Waals surface area contributed by atoms with Gasteiger partial charge >= 0.3 is 0 Å². The van der Waals surface area contributed by atoms with Gasteiger partial charge in [-0.05, 0) is 37.0 Å². The molecule has 3 rings (SSSR count). The average Bonchev–Trinajstić information content (AvgIpc) is 3.37. The third kappa shape index (κ3) is 3.34. The van der Waals surface area contributed by atoms with Gasteiger partial charge in [0.25, 0.3) is 17.7 Å². The zero-order valence-electron chi connectivity index (χ0n) is 13.2. The summed E-state index contributed by atoms with van der Waals surface area (Å²) < 4.78 is 0. The van der Waals surface area contributed by atoms with Crippen molar-refractivity contribution in [3.05, 3.63) is 47.5 Å². The van der Waals surface area contributed by atoms with Gasteiger partial charge in [0.2, 0.25) is 0 Å². The first-order chi connectivity index (χ1) is 11.0. The molecule has 1 atom stereocenters. The fourth-order valence-corrected chi connectivity index (χ4v) is 2.73. The van der Waals surface area contributed by atoms with Crippen molar-refractivity contribution in [1.29, 1.82) is 0 Å². The molecule has 0 bridgehead atoms. The van der Waals surface area contributed by atoms with E-state index in [4.69, 9.17) is 5.73 Å². The van der Waals surface area contributed by atoms with Crippen LogP contribution in [0.2, 0.25) is 0 Å². The van der Waals surface area contributed by atoms with Crippen LogP contribution in [0.25, 0.3) is 0 Å². The number of halogens is 1. The molecular formula is C17H20ClN3O3. The first kappa shape index (κ1) is 18.2. The van der Waals surface area contributed by atoms with E-state index in [1.807, 2.05) is 0 Å². The van der Waals surface area contributed by atoms with Crippen molar-refractivity contribution in [1.82, 2.24) is 10.2 Å². The molecule has 0 aromatic heterocycles. The van der Waals surface area contributed by atoms with E-state index in [0.717, 1.165) is 17.7 Å². The summed E-state index contributed by atoms with van der Waals surface area (Å²) >= 11 is 0. The van der Waals surface area contributed by atoms with E-state index in [1.54, 1.807) is 6.07 Å². The van der Waals surface area contributed by atoms with Crippen LogP contribution < -0.4 is 11.1 Å². The van der Waals surface area contributed by atoms with Crippen molar-refractivity contribution in [2.75, 3.05) is 13.1 Å². The van der Waals surface area contributed by atoms with Gasteiger partial charge in [0, 0.05) is 24.7 Å². The maximum atomic E-state index is 12.2. The lowest BCUT2D eigenvalue weighted by Gasteiger charge is -2.11. The van der Waals surface area contributed by atoms with Crippen LogP contribution in [0.3, 0.4) is 0 Å². The highest BCUT2D eigenvalue weighted by Gasteiger charge is 2.35. The number of nitrogens with two attached hydrogens (primary N) is 1. The number of nitrogens with one attached hydrogen (secondary N) is 1. The number of hydrogen-bond acceptors (Lipinski definition) is 4. The largest absolute Gasteiger partial charge is 0.350 e. The second kappa shape index (κ2) is 7.15. The molecule has 1 aromatic rings. The van der Waals surface area contributed by atoms with Crippen LogP contribution in [-0.2, 0) is 0 Å². The van der Waals surface area contributed by atoms with Crippen molar-refractivity contribution >= 4 is 30.1 Å². The minimum absolute atomic E-state index is 0. The summed E-state index contributed by atoms with van der Waals surface area (Å²) in [6.07, 6.45) is 3.73. The van der Waals surface area contributed by atoms with Crippen molar-refractivity contribution in [2.24, 2.45) is 11.7 Å². The van der Waals surface area contributed by atoms with Crippen LogP contribution in [0.4, 0.5) is 0 Å². The second-order valence-corrected chi connectivity index (χ2v) is 5.98. The Kier molecular flexibility index (Phi) is 5.41.